The van der Waals surface area contributed by atoms with Crippen LogP contribution in [0.4, 0.5) is 8.78 Å². The largest absolute Gasteiger partial charge is 0.282 e. The van der Waals surface area contributed by atoms with Gasteiger partial charge in [0, 0.05) is 16.5 Å². The summed E-state index contributed by atoms with van der Waals surface area (Å²) in [7, 11) is 0. The van der Waals surface area contributed by atoms with E-state index in [9.17, 15) is 13.6 Å². The van der Waals surface area contributed by atoms with Gasteiger partial charge < -0.3 is 0 Å². The number of nitrogens with zero attached hydrogens (tertiary/aromatic N) is 3. The molecular formula is C17H13F2N3OS. The first-order valence-electron chi connectivity index (χ1n) is 7.65. The van der Waals surface area contributed by atoms with Crippen LogP contribution in [0.1, 0.15) is 28.8 Å². The van der Waals surface area contributed by atoms with Gasteiger partial charge in [0.05, 0.1) is 11.6 Å². The Bertz CT molecular complexity index is 1020. The standard InChI is InChI=1S/C17H13F2N3OS/c18-11-6-5-10(13(19)7-11)8-21-22-9-20-16-15(17(22)23)12-3-1-2-4-14(12)24-16/h5-9H,1-4H2/b21-8+. The SMILES string of the molecule is O=c1c2c3c(sc2ncn1/N=C/c1ccc(F)cc1F)CCCC3. The van der Waals surface area contributed by atoms with Crippen LogP contribution < -0.4 is 5.56 Å². The molecule has 0 unspecified atom stereocenters. The second kappa shape index (κ2) is 5.90. The number of halogens is 2. The molecule has 24 heavy (non-hydrogen) atoms. The molecule has 0 aliphatic heterocycles. The van der Waals surface area contributed by atoms with Gasteiger partial charge in [-0.1, -0.05) is 0 Å². The van der Waals surface area contributed by atoms with Crippen molar-refractivity contribution in [2.24, 2.45) is 5.10 Å². The van der Waals surface area contributed by atoms with Crippen LogP contribution in [0.15, 0.2) is 34.4 Å². The minimum atomic E-state index is -0.728. The van der Waals surface area contributed by atoms with Gasteiger partial charge in [-0.25, -0.2) is 13.8 Å². The zero-order valence-corrected chi connectivity index (χ0v) is 13.4. The maximum absolute atomic E-state index is 13.6. The Morgan fingerprint density at radius 3 is 2.92 bits per heavy atom. The highest BCUT2D eigenvalue weighted by Crippen LogP contribution is 2.33. The zero-order chi connectivity index (χ0) is 16.7. The first-order chi connectivity index (χ1) is 11.6. The molecule has 7 heteroatoms. The highest BCUT2D eigenvalue weighted by atomic mass is 32.1. The number of thiophene rings is 1. The number of hydrogen-bond donors (Lipinski definition) is 0. The van der Waals surface area contributed by atoms with Crippen LogP contribution >= 0.6 is 11.3 Å². The summed E-state index contributed by atoms with van der Waals surface area (Å²) in [6.07, 6.45) is 6.60. The van der Waals surface area contributed by atoms with Gasteiger partial charge in [-0.05, 0) is 43.4 Å². The normalized spacial score (nSPS) is 14.4. The zero-order valence-electron chi connectivity index (χ0n) is 12.6. The molecule has 0 saturated carbocycles. The number of aryl methyl sites for hydroxylation is 2. The van der Waals surface area contributed by atoms with Crippen LogP contribution in [0.5, 0.6) is 0 Å². The maximum atomic E-state index is 13.6. The molecule has 1 aromatic carbocycles. The molecule has 0 atom stereocenters. The molecule has 4 rings (SSSR count). The third kappa shape index (κ3) is 2.54. The van der Waals surface area contributed by atoms with Crippen LogP contribution in [0.25, 0.3) is 10.2 Å². The molecule has 0 N–H and O–H groups in total. The summed E-state index contributed by atoms with van der Waals surface area (Å²) in [6.45, 7) is 0. The van der Waals surface area contributed by atoms with Crippen molar-refractivity contribution in [2.45, 2.75) is 25.7 Å². The summed E-state index contributed by atoms with van der Waals surface area (Å²) in [5.74, 6) is -1.39. The van der Waals surface area contributed by atoms with E-state index in [0.717, 1.165) is 52.9 Å². The molecule has 0 saturated heterocycles. The number of aromatic nitrogens is 2. The lowest BCUT2D eigenvalue weighted by molar-refractivity contribution is 0.582. The minimum Gasteiger partial charge on any atom is -0.267 e. The summed E-state index contributed by atoms with van der Waals surface area (Å²) < 4.78 is 27.7. The predicted octanol–water partition coefficient (Wildman–Crippen LogP) is 3.50. The molecule has 0 bridgehead atoms. The van der Waals surface area contributed by atoms with Gasteiger partial charge in [-0.2, -0.15) is 9.78 Å². The van der Waals surface area contributed by atoms with Gasteiger partial charge in [0.25, 0.3) is 5.56 Å². The number of hydrogen-bond acceptors (Lipinski definition) is 4. The van der Waals surface area contributed by atoms with Crippen molar-refractivity contribution in [3.8, 4) is 0 Å². The predicted molar refractivity (Wildman–Crippen MR) is 89.9 cm³/mol. The van der Waals surface area contributed by atoms with Crippen molar-refractivity contribution < 1.29 is 8.78 Å². The Morgan fingerprint density at radius 1 is 1.25 bits per heavy atom. The molecule has 1 aliphatic carbocycles. The molecule has 4 nitrogen and oxygen atoms in total. The van der Waals surface area contributed by atoms with Crippen molar-refractivity contribution >= 4 is 27.8 Å². The highest BCUT2D eigenvalue weighted by molar-refractivity contribution is 7.18. The first kappa shape index (κ1) is 15.1. The number of rotatable bonds is 2. The fourth-order valence-corrected chi connectivity index (χ4v) is 4.17. The minimum absolute atomic E-state index is 0.107. The van der Waals surface area contributed by atoms with Gasteiger partial charge in [0.1, 0.15) is 22.8 Å². The van der Waals surface area contributed by atoms with Crippen LogP contribution in [-0.4, -0.2) is 15.9 Å². The van der Waals surface area contributed by atoms with E-state index in [-0.39, 0.29) is 11.1 Å². The lowest BCUT2D eigenvalue weighted by atomic mass is 9.97. The van der Waals surface area contributed by atoms with Crippen molar-refractivity contribution in [3.05, 3.63) is 62.5 Å². The summed E-state index contributed by atoms with van der Waals surface area (Å²) in [5, 5.41) is 4.62. The van der Waals surface area contributed by atoms with Gasteiger partial charge in [0.15, 0.2) is 0 Å². The Kier molecular flexibility index (Phi) is 3.72. The van der Waals surface area contributed by atoms with E-state index in [4.69, 9.17) is 0 Å². The van der Waals surface area contributed by atoms with E-state index in [2.05, 4.69) is 10.1 Å². The van der Waals surface area contributed by atoms with E-state index >= 15 is 0 Å². The van der Waals surface area contributed by atoms with Crippen molar-refractivity contribution in [1.29, 1.82) is 0 Å². The third-order valence-corrected chi connectivity index (χ3v) is 5.34. The van der Waals surface area contributed by atoms with Gasteiger partial charge in [0.2, 0.25) is 0 Å². The van der Waals surface area contributed by atoms with E-state index in [1.165, 1.54) is 23.5 Å². The molecule has 0 fully saturated rings. The molecule has 1 aliphatic rings. The van der Waals surface area contributed by atoms with E-state index < -0.39 is 11.6 Å². The Hall–Kier alpha value is -2.41. The average molecular weight is 345 g/mol. The van der Waals surface area contributed by atoms with Gasteiger partial charge >= 0.3 is 0 Å². The fourth-order valence-electron chi connectivity index (χ4n) is 2.95. The Balaban J connectivity index is 1.78. The molecular weight excluding hydrogens is 332 g/mol. The molecule has 0 amide bonds. The quantitative estimate of drug-likeness (QED) is 0.668. The second-order valence-corrected chi connectivity index (χ2v) is 6.78. The maximum Gasteiger partial charge on any atom is 0.282 e. The highest BCUT2D eigenvalue weighted by Gasteiger charge is 2.19. The smallest absolute Gasteiger partial charge is 0.267 e. The molecule has 3 aromatic rings. The van der Waals surface area contributed by atoms with Crippen molar-refractivity contribution in [3.63, 3.8) is 0 Å². The fraction of sp³-hybridized carbons (Fsp3) is 0.235. The third-order valence-electron chi connectivity index (χ3n) is 4.14. The second-order valence-electron chi connectivity index (χ2n) is 5.70. The Labute approximate surface area is 140 Å². The van der Waals surface area contributed by atoms with E-state index in [1.807, 2.05) is 0 Å². The van der Waals surface area contributed by atoms with Gasteiger partial charge in [-0.15, -0.1) is 11.3 Å². The topological polar surface area (TPSA) is 47.2 Å². The summed E-state index contributed by atoms with van der Waals surface area (Å²) >= 11 is 1.56. The monoisotopic (exact) mass is 345 g/mol. The van der Waals surface area contributed by atoms with E-state index in [1.54, 1.807) is 11.3 Å². The van der Waals surface area contributed by atoms with Crippen LogP contribution in [0.2, 0.25) is 0 Å². The van der Waals surface area contributed by atoms with Crippen molar-refractivity contribution in [2.75, 3.05) is 0 Å². The Morgan fingerprint density at radius 2 is 2.08 bits per heavy atom. The molecule has 0 radical (unpaired) electrons. The molecule has 2 aromatic heterocycles. The molecule has 0 spiro atoms. The van der Waals surface area contributed by atoms with Crippen molar-refractivity contribution in [1.82, 2.24) is 9.66 Å². The summed E-state index contributed by atoms with van der Waals surface area (Å²) in [4.78, 5) is 19.0. The number of benzene rings is 1. The lowest BCUT2D eigenvalue weighted by Gasteiger charge is -2.09. The van der Waals surface area contributed by atoms with Crippen LogP contribution in [0.3, 0.4) is 0 Å². The van der Waals surface area contributed by atoms with Crippen LogP contribution in [-0.2, 0) is 12.8 Å². The molecule has 122 valence electrons. The number of fused-ring (bicyclic) bond motifs is 3. The molecule has 2 heterocycles. The van der Waals surface area contributed by atoms with E-state index in [0.29, 0.717) is 5.39 Å². The van der Waals surface area contributed by atoms with Gasteiger partial charge in [-0.3, -0.25) is 4.79 Å². The first-order valence-corrected chi connectivity index (χ1v) is 8.46. The summed E-state index contributed by atoms with van der Waals surface area (Å²) in [6, 6.07) is 3.20. The van der Waals surface area contributed by atoms with Crippen LogP contribution in [0, 0.1) is 11.6 Å². The average Bonchev–Trinajstić information content (AvgIpc) is 2.95. The lowest BCUT2D eigenvalue weighted by Crippen LogP contribution is -2.18. The summed E-state index contributed by atoms with van der Waals surface area (Å²) in [5.41, 5.74) is 0.935.